The Balaban J connectivity index is 0.00000319. The first-order chi connectivity index (χ1) is 23.2. The lowest BCUT2D eigenvalue weighted by atomic mass is 9.85. The topological polar surface area (TPSA) is 200 Å². The van der Waals surface area contributed by atoms with Crippen LogP contribution in [0.4, 0.5) is 10.7 Å². The van der Waals surface area contributed by atoms with Crippen LogP contribution in [0.1, 0.15) is 80.6 Å². The van der Waals surface area contributed by atoms with Gasteiger partial charge in [0, 0.05) is 45.1 Å². The zero-order valence-electron chi connectivity index (χ0n) is 30.0. The van der Waals surface area contributed by atoms with Crippen LogP contribution in [-0.2, 0) is 24.0 Å². The predicted octanol–water partition coefficient (Wildman–Crippen LogP) is 1.22. The second-order valence-corrected chi connectivity index (χ2v) is 14.2. The lowest BCUT2D eigenvalue weighted by molar-refractivity contribution is -0.143. The SMILES string of the molecule is CC.CC(C)C(NC(=O)NC(C(=O)N1CCCC1C(=O)NC(CC1CC1)C(=O)C(N)=O)C(C)(C)C)C(=O)N1CCN(c2ncccn2)CC1. The molecular formula is C34H55N9O6. The van der Waals surface area contributed by atoms with Crippen molar-refractivity contribution in [2.45, 2.75) is 105 Å². The molecule has 0 aromatic carbocycles. The molecule has 2 aliphatic heterocycles. The monoisotopic (exact) mass is 685 g/mol. The molecule has 3 fully saturated rings. The number of ketones is 1. The van der Waals surface area contributed by atoms with Gasteiger partial charge >= 0.3 is 6.03 Å². The zero-order valence-corrected chi connectivity index (χ0v) is 30.0. The minimum Gasteiger partial charge on any atom is -0.363 e. The number of hydrogen-bond donors (Lipinski definition) is 4. The Labute approximate surface area is 289 Å². The number of amides is 6. The fourth-order valence-corrected chi connectivity index (χ4v) is 6.08. The van der Waals surface area contributed by atoms with Gasteiger partial charge in [0.05, 0.1) is 6.04 Å². The molecule has 15 heteroatoms. The number of Topliss-reactive ketones (excluding diaryl/α,β-unsaturated/α-hetero) is 1. The van der Waals surface area contributed by atoms with E-state index in [0.717, 1.165) is 12.8 Å². The number of likely N-dealkylation sites (tertiary alicyclic amines) is 1. The highest BCUT2D eigenvalue weighted by atomic mass is 16.2. The first-order valence-electron chi connectivity index (χ1n) is 17.5. The fourth-order valence-electron chi connectivity index (χ4n) is 6.08. The molecule has 15 nitrogen and oxygen atoms in total. The van der Waals surface area contributed by atoms with Crippen LogP contribution in [0.3, 0.4) is 0 Å². The molecule has 49 heavy (non-hydrogen) atoms. The average Bonchev–Trinajstić information content (AvgIpc) is 3.76. The average molecular weight is 686 g/mol. The maximum Gasteiger partial charge on any atom is 0.316 e. The number of nitrogens with zero attached hydrogens (tertiary/aromatic N) is 5. The van der Waals surface area contributed by atoms with E-state index in [4.69, 9.17) is 5.73 Å². The Morgan fingerprint density at radius 3 is 2.02 bits per heavy atom. The van der Waals surface area contributed by atoms with E-state index in [1.54, 1.807) is 44.1 Å². The van der Waals surface area contributed by atoms with Crippen molar-refractivity contribution in [3.05, 3.63) is 18.5 Å². The first-order valence-corrected chi connectivity index (χ1v) is 17.5. The maximum atomic E-state index is 14.0. The summed E-state index contributed by atoms with van der Waals surface area (Å²) < 4.78 is 0. The molecule has 2 saturated heterocycles. The number of urea groups is 1. The first kappa shape index (κ1) is 39.1. The van der Waals surface area contributed by atoms with Crippen molar-refractivity contribution in [3.8, 4) is 0 Å². The van der Waals surface area contributed by atoms with Gasteiger partial charge in [0.15, 0.2) is 0 Å². The van der Waals surface area contributed by atoms with Crippen LogP contribution in [0.15, 0.2) is 18.5 Å². The van der Waals surface area contributed by atoms with Gasteiger partial charge < -0.3 is 36.4 Å². The van der Waals surface area contributed by atoms with Gasteiger partial charge in [-0.15, -0.1) is 0 Å². The van der Waals surface area contributed by atoms with Crippen molar-refractivity contribution in [2.75, 3.05) is 37.6 Å². The molecule has 272 valence electrons. The molecular weight excluding hydrogens is 630 g/mol. The van der Waals surface area contributed by atoms with E-state index in [2.05, 4.69) is 25.9 Å². The Bertz CT molecular complexity index is 1320. The molecule has 6 amide bonds. The molecule has 0 bridgehead atoms. The van der Waals surface area contributed by atoms with Crippen LogP contribution in [0.5, 0.6) is 0 Å². The van der Waals surface area contributed by atoms with E-state index >= 15 is 0 Å². The van der Waals surface area contributed by atoms with Crippen molar-refractivity contribution in [3.63, 3.8) is 0 Å². The van der Waals surface area contributed by atoms with Gasteiger partial charge in [0.2, 0.25) is 29.5 Å². The quantitative estimate of drug-likeness (QED) is 0.234. The minimum atomic E-state index is -1.11. The standard InChI is InChI=1S/C32H49N9O6.C2H6/c1-19(2)23(28(45)39-14-16-40(17-15-39)30-34-11-7-12-35-30)37-31(47)38-25(32(3,4)5)29(46)41-13-6-8-22(41)27(44)36-21(18-20-9-10-20)24(42)26(33)43;1-2/h7,11-12,19-23,25H,6,8-10,13-18H2,1-5H3,(H2,33,43)(H,36,44)(H2,37,38,47);1-2H3. The molecule has 4 unspecified atom stereocenters. The van der Waals surface area contributed by atoms with E-state index in [9.17, 15) is 28.8 Å². The summed E-state index contributed by atoms with van der Waals surface area (Å²) in [5.74, 6) is -2.54. The Morgan fingerprint density at radius 2 is 1.49 bits per heavy atom. The predicted molar refractivity (Wildman–Crippen MR) is 184 cm³/mol. The molecule has 5 N–H and O–H groups in total. The maximum absolute atomic E-state index is 14.0. The summed E-state index contributed by atoms with van der Waals surface area (Å²) >= 11 is 0. The molecule has 0 spiro atoms. The Hall–Kier alpha value is -4.30. The van der Waals surface area contributed by atoms with Crippen LogP contribution < -0.4 is 26.6 Å². The van der Waals surface area contributed by atoms with Crippen molar-refractivity contribution in [2.24, 2.45) is 23.0 Å². The van der Waals surface area contributed by atoms with E-state index in [0.29, 0.717) is 51.4 Å². The van der Waals surface area contributed by atoms with Crippen LogP contribution in [-0.4, -0.2) is 112 Å². The highest BCUT2D eigenvalue weighted by Gasteiger charge is 2.44. The van der Waals surface area contributed by atoms with Crippen LogP contribution in [0, 0.1) is 17.3 Å². The number of rotatable bonds is 12. The zero-order chi connectivity index (χ0) is 36.5. The van der Waals surface area contributed by atoms with Gasteiger partial charge in [-0.3, -0.25) is 24.0 Å². The summed E-state index contributed by atoms with van der Waals surface area (Å²) in [4.78, 5) is 92.1. The van der Waals surface area contributed by atoms with Gasteiger partial charge in [-0.25, -0.2) is 14.8 Å². The summed E-state index contributed by atoms with van der Waals surface area (Å²) in [5.41, 5.74) is 4.48. The van der Waals surface area contributed by atoms with Crippen LogP contribution in [0.2, 0.25) is 0 Å². The molecule has 1 saturated carbocycles. The molecule has 4 rings (SSSR count). The lowest BCUT2D eigenvalue weighted by Gasteiger charge is -2.38. The Morgan fingerprint density at radius 1 is 0.878 bits per heavy atom. The molecule has 1 aromatic heterocycles. The third-order valence-corrected chi connectivity index (χ3v) is 9.01. The third kappa shape index (κ3) is 10.6. The number of piperazine rings is 1. The number of hydrogen-bond acceptors (Lipinski definition) is 9. The van der Waals surface area contributed by atoms with Crippen LogP contribution >= 0.6 is 0 Å². The lowest BCUT2D eigenvalue weighted by Crippen LogP contribution is -2.62. The highest BCUT2D eigenvalue weighted by Crippen LogP contribution is 2.34. The number of anilines is 1. The van der Waals surface area contributed by atoms with Gasteiger partial charge in [0.25, 0.3) is 5.91 Å². The van der Waals surface area contributed by atoms with Gasteiger partial charge in [-0.1, -0.05) is 61.3 Å². The van der Waals surface area contributed by atoms with E-state index in [1.807, 2.05) is 32.6 Å². The van der Waals surface area contributed by atoms with E-state index in [-0.39, 0.29) is 24.3 Å². The molecule has 0 radical (unpaired) electrons. The number of nitrogens with two attached hydrogens (primary N) is 1. The van der Waals surface area contributed by atoms with Gasteiger partial charge in [-0.2, -0.15) is 0 Å². The molecule has 1 aromatic rings. The largest absolute Gasteiger partial charge is 0.363 e. The normalized spacial score (nSPS) is 19.6. The number of carbonyl (C=O) groups excluding carboxylic acids is 6. The van der Waals surface area contributed by atoms with Crippen LogP contribution in [0.25, 0.3) is 0 Å². The number of nitrogens with one attached hydrogen (secondary N) is 3. The summed E-state index contributed by atoms with van der Waals surface area (Å²) in [6, 6.07) is -2.69. The van der Waals surface area contributed by atoms with E-state index < -0.39 is 59.1 Å². The van der Waals surface area contributed by atoms with Crippen molar-refractivity contribution >= 4 is 41.4 Å². The number of carbonyl (C=O) groups is 6. The van der Waals surface area contributed by atoms with Crippen molar-refractivity contribution < 1.29 is 28.8 Å². The molecule has 4 atom stereocenters. The van der Waals surface area contributed by atoms with E-state index in [1.165, 1.54) is 4.90 Å². The summed E-state index contributed by atoms with van der Waals surface area (Å²) in [6.07, 6.45) is 6.42. The highest BCUT2D eigenvalue weighted by molar-refractivity contribution is 6.37. The molecule has 1 aliphatic carbocycles. The minimum absolute atomic E-state index is 0.218. The fraction of sp³-hybridized carbons (Fsp3) is 0.706. The Kier molecular flexibility index (Phi) is 13.9. The molecule has 3 aliphatic rings. The summed E-state index contributed by atoms with van der Waals surface area (Å²) in [7, 11) is 0. The second kappa shape index (κ2) is 17.4. The smallest absolute Gasteiger partial charge is 0.316 e. The third-order valence-electron chi connectivity index (χ3n) is 9.01. The summed E-state index contributed by atoms with van der Waals surface area (Å²) in [5, 5.41) is 8.26. The summed E-state index contributed by atoms with van der Waals surface area (Å²) in [6.45, 7) is 15.4. The van der Waals surface area contributed by atoms with Crippen molar-refractivity contribution in [1.29, 1.82) is 0 Å². The van der Waals surface area contributed by atoms with Gasteiger partial charge in [0.1, 0.15) is 18.1 Å². The molecule has 3 heterocycles. The second-order valence-electron chi connectivity index (χ2n) is 14.2. The van der Waals surface area contributed by atoms with Crippen molar-refractivity contribution in [1.82, 2.24) is 35.7 Å². The number of primary amides is 1. The van der Waals surface area contributed by atoms with Gasteiger partial charge in [-0.05, 0) is 42.6 Å². The number of aromatic nitrogens is 2.